The number of piperazine rings is 1. The van der Waals surface area contributed by atoms with E-state index in [-0.39, 0.29) is 30.7 Å². The van der Waals surface area contributed by atoms with Gasteiger partial charge in [-0.05, 0) is 29.7 Å². The molecule has 150 valence electrons. The second-order valence-corrected chi connectivity index (χ2v) is 8.18. The average Bonchev–Trinajstić information content (AvgIpc) is 3.36. The van der Waals surface area contributed by atoms with Crippen molar-refractivity contribution in [3.05, 3.63) is 48.7 Å². The van der Waals surface area contributed by atoms with Gasteiger partial charge in [0.25, 0.3) is 0 Å². The van der Waals surface area contributed by atoms with Gasteiger partial charge < -0.3 is 16.0 Å². The number of hydrogen-bond acceptors (Lipinski definition) is 5. The van der Waals surface area contributed by atoms with Crippen LogP contribution in [0.4, 0.5) is 5.69 Å². The van der Waals surface area contributed by atoms with E-state index in [2.05, 4.69) is 44.3 Å². The summed E-state index contributed by atoms with van der Waals surface area (Å²) in [6.07, 6.45) is 1.57. The number of aromatic nitrogens is 2. The predicted molar refractivity (Wildman–Crippen MR) is 115 cm³/mol. The molecule has 1 aliphatic rings. The Balaban J connectivity index is 1.44. The Bertz CT molecular complexity index is 1280. The fraction of sp³-hybridized carbons (Fsp3) is 0.143. The first-order chi connectivity index (χ1) is 14.6. The minimum absolute atomic E-state index is 0.0629. The summed E-state index contributed by atoms with van der Waals surface area (Å²) >= 11 is 1.66. The van der Waals surface area contributed by atoms with Crippen LogP contribution in [0.5, 0.6) is 0 Å². The van der Waals surface area contributed by atoms with Crippen molar-refractivity contribution in [1.82, 2.24) is 20.8 Å². The van der Waals surface area contributed by atoms with E-state index in [9.17, 15) is 14.4 Å². The number of nitrogens with one attached hydrogen (secondary N) is 4. The molecule has 5 rings (SSSR count). The van der Waals surface area contributed by atoms with Gasteiger partial charge >= 0.3 is 0 Å². The summed E-state index contributed by atoms with van der Waals surface area (Å²) in [4.78, 5) is 36.9. The van der Waals surface area contributed by atoms with Gasteiger partial charge in [-0.15, -0.1) is 11.3 Å². The number of nitrogens with zero attached hydrogens (tertiary/aromatic N) is 1. The molecular formula is C21H17N5O3S. The number of thiophene rings is 1. The number of benzene rings is 2. The quantitative estimate of drug-likeness (QED) is 0.406. The monoisotopic (exact) mass is 419 g/mol. The molecule has 0 aliphatic carbocycles. The zero-order chi connectivity index (χ0) is 20.7. The van der Waals surface area contributed by atoms with E-state index in [0.717, 1.165) is 26.7 Å². The molecule has 4 N–H and O–H groups in total. The molecule has 30 heavy (non-hydrogen) atoms. The molecule has 3 heterocycles. The van der Waals surface area contributed by atoms with Crippen molar-refractivity contribution >= 4 is 55.7 Å². The second kappa shape index (κ2) is 7.27. The lowest BCUT2D eigenvalue weighted by Crippen LogP contribution is -2.57. The Morgan fingerprint density at radius 2 is 2.03 bits per heavy atom. The largest absolute Gasteiger partial charge is 0.345 e. The van der Waals surface area contributed by atoms with Crippen LogP contribution in [0.1, 0.15) is 6.42 Å². The Kier molecular flexibility index (Phi) is 4.44. The van der Waals surface area contributed by atoms with E-state index >= 15 is 0 Å². The maximum atomic E-state index is 12.5. The summed E-state index contributed by atoms with van der Waals surface area (Å²) in [5.74, 6) is -1.03. The van der Waals surface area contributed by atoms with Gasteiger partial charge in [-0.1, -0.05) is 18.2 Å². The minimum Gasteiger partial charge on any atom is -0.345 e. The van der Waals surface area contributed by atoms with Crippen molar-refractivity contribution in [1.29, 1.82) is 0 Å². The van der Waals surface area contributed by atoms with Crippen LogP contribution in [0, 0.1) is 0 Å². The highest BCUT2D eigenvalue weighted by molar-refractivity contribution is 7.22. The maximum Gasteiger partial charge on any atom is 0.243 e. The summed E-state index contributed by atoms with van der Waals surface area (Å²) in [6, 6.07) is 13.1. The summed E-state index contributed by atoms with van der Waals surface area (Å²) in [7, 11) is 0. The third-order valence-electron chi connectivity index (χ3n) is 4.99. The lowest BCUT2D eigenvalue weighted by molar-refractivity contribution is -0.135. The summed E-state index contributed by atoms with van der Waals surface area (Å²) < 4.78 is 1.17. The molecule has 2 aromatic heterocycles. The zero-order valence-electron chi connectivity index (χ0n) is 15.7. The summed E-state index contributed by atoms with van der Waals surface area (Å²) in [5.41, 5.74) is 2.42. The minimum atomic E-state index is -0.869. The van der Waals surface area contributed by atoms with Gasteiger partial charge in [-0.2, -0.15) is 5.10 Å². The molecule has 2 aromatic carbocycles. The number of anilines is 1. The molecule has 0 radical (unpaired) electrons. The van der Waals surface area contributed by atoms with Crippen LogP contribution in [0.25, 0.3) is 31.4 Å². The highest BCUT2D eigenvalue weighted by atomic mass is 32.1. The first-order valence-corrected chi connectivity index (χ1v) is 10.2. The number of fused-ring (bicyclic) bond motifs is 2. The van der Waals surface area contributed by atoms with Gasteiger partial charge in [-0.25, -0.2) is 0 Å². The summed E-state index contributed by atoms with van der Waals surface area (Å²) in [6.45, 7) is -0.0629. The van der Waals surface area contributed by atoms with Gasteiger partial charge in [0, 0.05) is 26.2 Å². The van der Waals surface area contributed by atoms with Crippen molar-refractivity contribution in [2.75, 3.05) is 11.9 Å². The molecule has 8 nitrogen and oxygen atoms in total. The fourth-order valence-corrected chi connectivity index (χ4v) is 4.67. The Morgan fingerprint density at radius 3 is 2.90 bits per heavy atom. The van der Waals surface area contributed by atoms with Crippen molar-refractivity contribution in [3.63, 3.8) is 0 Å². The normalized spacial score (nSPS) is 16.5. The third kappa shape index (κ3) is 3.39. The number of carbonyl (C=O) groups is 3. The molecule has 0 saturated carbocycles. The highest BCUT2D eigenvalue weighted by Gasteiger charge is 2.28. The Labute approximate surface area is 174 Å². The molecular weight excluding hydrogens is 402 g/mol. The lowest BCUT2D eigenvalue weighted by atomic mass is 10.1. The molecule has 1 atom stereocenters. The van der Waals surface area contributed by atoms with Gasteiger partial charge in [-0.3, -0.25) is 19.5 Å². The van der Waals surface area contributed by atoms with Crippen LogP contribution in [0.15, 0.2) is 48.7 Å². The highest BCUT2D eigenvalue weighted by Crippen LogP contribution is 2.38. The van der Waals surface area contributed by atoms with E-state index in [1.807, 2.05) is 24.3 Å². The standard InChI is InChI=1S/C21H17N5O3S/c27-18(8-15-21(29)22-10-19(28)25-15)24-13-5-12-9-23-26-20(12)14(7-13)17-6-11-3-1-2-4-16(11)30-17/h1-7,9,15H,8,10H2,(H,22,29)(H,23,26)(H,24,27)(H,25,28). The number of H-pyrrole nitrogens is 1. The van der Waals surface area contributed by atoms with Crippen LogP contribution >= 0.6 is 11.3 Å². The Hall–Kier alpha value is -3.72. The zero-order valence-corrected chi connectivity index (χ0v) is 16.5. The predicted octanol–water partition coefficient (Wildman–Crippen LogP) is 2.39. The van der Waals surface area contributed by atoms with E-state index in [0.29, 0.717) is 5.69 Å². The number of aromatic amines is 1. The van der Waals surface area contributed by atoms with E-state index < -0.39 is 6.04 Å². The molecule has 1 saturated heterocycles. The fourth-order valence-electron chi connectivity index (χ4n) is 3.58. The molecule has 0 spiro atoms. The maximum absolute atomic E-state index is 12.5. The smallest absolute Gasteiger partial charge is 0.243 e. The third-order valence-corrected chi connectivity index (χ3v) is 6.14. The average molecular weight is 419 g/mol. The van der Waals surface area contributed by atoms with E-state index in [1.165, 1.54) is 4.70 Å². The van der Waals surface area contributed by atoms with Gasteiger partial charge in [0.2, 0.25) is 17.7 Å². The first kappa shape index (κ1) is 18.3. The van der Waals surface area contributed by atoms with Crippen molar-refractivity contribution in [2.45, 2.75) is 12.5 Å². The topological polar surface area (TPSA) is 116 Å². The van der Waals surface area contributed by atoms with Gasteiger partial charge in [0.05, 0.1) is 24.7 Å². The van der Waals surface area contributed by atoms with Gasteiger partial charge in [0.15, 0.2) is 0 Å². The molecule has 3 amide bonds. The Morgan fingerprint density at radius 1 is 1.17 bits per heavy atom. The van der Waals surface area contributed by atoms with Gasteiger partial charge in [0.1, 0.15) is 6.04 Å². The number of rotatable bonds is 4. The lowest BCUT2D eigenvalue weighted by Gasteiger charge is -2.22. The molecule has 9 heteroatoms. The molecule has 1 unspecified atom stereocenters. The van der Waals surface area contributed by atoms with Crippen molar-refractivity contribution < 1.29 is 14.4 Å². The van der Waals surface area contributed by atoms with Crippen LogP contribution in [-0.4, -0.2) is 40.5 Å². The number of amides is 3. The van der Waals surface area contributed by atoms with Crippen molar-refractivity contribution in [3.8, 4) is 10.4 Å². The molecule has 1 fully saturated rings. The summed E-state index contributed by atoms with van der Waals surface area (Å²) in [5, 5.41) is 17.0. The van der Waals surface area contributed by atoms with E-state index in [1.54, 1.807) is 17.5 Å². The van der Waals surface area contributed by atoms with E-state index in [4.69, 9.17) is 0 Å². The second-order valence-electron chi connectivity index (χ2n) is 7.10. The van der Waals surface area contributed by atoms with Crippen LogP contribution in [0.3, 0.4) is 0 Å². The number of carbonyl (C=O) groups excluding carboxylic acids is 3. The molecule has 0 bridgehead atoms. The van der Waals surface area contributed by atoms with Crippen LogP contribution < -0.4 is 16.0 Å². The molecule has 1 aliphatic heterocycles. The van der Waals surface area contributed by atoms with Crippen LogP contribution in [-0.2, 0) is 14.4 Å². The van der Waals surface area contributed by atoms with Crippen LogP contribution in [0.2, 0.25) is 0 Å². The van der Waals surface area contributed by atoms with Crippen molar-refractivity contribution in [2.24, 2.45) is 0 Å². The first-order valence-electron chi connectivity index (χ1n) is 9.40. The SMILES string of the molecule is O=C(CC1NC(=O)CNC1=O)Nc1cc(-c2cc3ccccc3s2)c2[nH]ncc2c1. The number of hydrogen-bond donors (Lipinski definition) is 4. The molecule has 4 aromatic rings.